The second kappa shape index (κ2) is 6.57. The van der Waals surface area contributed by atoms with Crippen LogP contribution in [-0.4, -0.2) is 36.1 Å². The summed E-state index contributed by atoms with van der Waals surface area (Å²) in [6, 6.07) is -0.195. The lowest BCUT2D eigenvalue weighted by Gasteiger charge is -2.38. The van der Waals surface area contributed by atoms with Gasteiger partial charge in [0.1, 0.15) is 0 Å². The molecule has 20 heavy (non-hydrogen) atoms. The Balaban J connectivity index is 2.03. The van der Waals surface area contributed by atoms with E-state index in [2.05, 4.69) is 10.6 Å². The number of hydrogen-bond donors (Lipinski definition) is 3. The van der Waals surface area contributed by atoms with Crippen LogP contribution in [0.3, 0.4) is 0 Å². The molecule has 1 aliphatic heterocycles. The molecule has 3 atom stereocenters. The van der Waals surface area contributed by atoms with E-state index in [4.69, 9.17) is 0 Å². The molecule has 1 saturated carbocycles. The maximum atomic E-state index is 12.6. The van der Waals surface area contributed by atoms with Crippen LogP contribution in [0, 0.1) is 11.3 Å². The Morgan fingerprint density at radius 1 is 1.30 bits per heavy atom. The first-order valence-corrected chi connectivity index (χ1v) is 7.83. The normalized spacial score (nSPS) is 34.5. The van der Waals surface area contributed by atoms with Crippen molar-refractivity contribution in [3.63, 3.8) is 0 Å². The summed E-state index contributed by atoms with van der Waals surface area (Å²) in [7, 11) is 0. The molecule has 0 spiro atoms. The molecule has 2 aliphatic rings. The van der Waals surface area contributed by atoms with Crippen LogP contribution in [0.5, 0.6) is 0 Å². The standard InChI is InChI=1S/C15H26N2O3/c1-2-15(8-5-9-16-10-15)14(20)17-12-7-4-3-6-11(12)13(18)19/h11-12,16H,2-10H2,1H3,(H,17,20)(H,18,19). The molecule has 5 nitrogen and oxygen atoms in total. The van der Waals surface area contributed by atoms with Gasteiger partial charge in [-0.2, -0.15) is 0 Å². The van der Waals surface area contributed by atoms with E-state index in [-0.39, 0.29) is 17.4 Å². The minimum atomic E-state index is -0.776. The Bertz CT molecular complexity index is 364. The molecule has 3 N–H and O–H groups in total. The first-order valence-electron chi connectivity index (χ1n) is 7.83. The van der Waals surface area contributed by atoms with Crippen LogP contribution >= 0.6 is 0 Å². The topological polar surface area (TPSA) is 78.4 Å². The van der Waals surface area contributed by atoms with E-state index in [0.717, 1.165) is 45.1 Å². The van der Waals surface area contributed by atoms with E-state index >= 15 is 0 Å². The molecule has 0 bridgehead atoms. The number of carboxylic acids is 1. The molecule has 0 aromatic heterocycles. The van der Waals surface area contributed by atoms with E-state index in [1.807, 2.05) is 6.92 Å². The first kappa shape index (κ1) is 15.3. The minimum absolute atomic E-state index is 0.0466. The van der Waals surface area contributed by atoms with Gasteiger partial charge in [0.15, 0.2) is 0 Å². The molecule has 0 aromatic rings. The molecule has 2 rings (SSSR count). The third-order valence-corrected chi connectivity index (χ3v) is 5.03. The fourth-order valence-corrected chi connectivity index (χ4v) is 3.54. The molecule has 1 amide bonds. The zero-order chi connectivity index (χ0) is 14.6. The summed E-state index contributed by atoms with van der Waals surface area (Å²) < 4.78 is 0. The lowest BCUT2D eigenvalue weighted by atomic mass is 9.76. The molecular weight excluding hydrogens is 256 g/mol. The highest BCUT2D eigenvalue weighted by Crippen LogP contribution is 2.32. The van der Waals surface area contributed by atoms with Crippen LogP contribution in [-0.2, 0) is 9.59 Å². The predicted molar refractivity (Wildman–Crippen MR) is 76.4 cm³/mol. The third-order valence-electron chi connectivity index (χ3n) is 5.03. The second-order valence-electron chi connectivity index (χ2n) is 6.22. The van der Waals surface area contributed by atoms with Crippen molar-refractivity contribution < 1.29 is 14.7 Å². The number of carbonyl (C=O) groups excluding carboxylic acids is 1. The van der Waals surface area contributed by atoms with Crippen LogP contribution < -0.4 is 10.6 Å². The number of piperidine rings is 1. The molecule has 1 heterocycles. The first-order chi connectivity index (χ1) is 9.59. The summed E-state index contributed by atoms with van der Waals surface area (Å²) in [5.74, 6) is -1.15. The van der Waals surface area contributed by atoms with Gasteiger partial charge in [0.25, 0.3) is 0 Å². The van der Waals surface area contributed by atoms with Gasteiger partial charge in [-0.15, -0.1) is 0 Å². The highest BCUT2D eigenvalue weighted by molar-refractivity contribution is 5.84. The molecule has 1 aliphatic carbocycles. The molecule has 5 heteroatoms. The zero-order valence-corrected chi connectivity index (χ0v) is 12.3. The lowest BCUT2D eigenvalue weighted by molar-refractivity contribution is -0.144. The Kier molecular flexibility index (Phi) is 5.02. The molecule has 0 aromatic carbocycles. The quantitative estimate of drug-likeness (QED) is 0.730. The predicted octanol–water partition coefficient (Wildman–Crippen LogP) is 1.53. The van der Waals surface area contributed by atoms with E-state index < -0.39 is 11.9 Å². The summed E-state index contributed by atoms with van der Waals surface area (Å²) in [5.41, 5.74) is -0.348. The Labute approximate surface area is 120 Å². The number of hydrogen-bond acceptors (Lipinski definition) is 3. The zero-order valence-electron chi connectivity index (χ0n) is 12.3. The summed E-state index contributed by atoms with van der Waals surface area (Å²) in [5, 5.41) is 15.6. The van der Waals surface area contributed by atoms with E-state index in [1.165, 1.54) is 0 Å². The van der Waals surface area contributed by atoms with Crippen molar-refractivity contribution in [3.8, 4) is 0 Å². The van der Waals surface area contributed by atoms with Crippen molar-refractivity contribution >= 4 is 11.9 Å². The van der Waals surface area contributed by atoms with Crippen LogP contribution in [0.25, 0.3) is 0 Å². The average Bonchev–Trinajstić information content (AvgIpc) is 2.48. The van der Waals surface area contributed by atoms with E-state index in [9.17, 15) is 14.7 Å². The Morgan fingerprint density at radius 3 is 2.65 bits per heavy atom. The Hall–Kier alpha value is -1.10. The van der Waals surface area contributed by atoms with Gasteiger partial charge >= 0.3 is 5.97 Å². The van der Waals surface area contributed by atoms with Gasteiger partial charge in [0, 0.05) is 12.6 Å². The van der Waals surface area contributed by atoms with Crippen molar-refractivity contribution in [3.05, 3.63) is 0 Å². The highest BCUT2D eigenvalue weighted by atomic mass is 16.4. The van der Waals surface area contributed by atoms with Gasteiger partial charge in [-0.1, -0.05) is 19.8 Å². The Morgan fingerprint density at radius 2 is 2.05 bits per heavy atom. The average molecular weight is 282 g/mol. The largest absolute Gasteiger partial charge is 0.481 e. The van der Waals surface area contributed by atoms with Crippen molar-refractivity contribution in [2.75, 3.05) is 13.1 Å². The minimum Gasteiger partial charge on any atom is -0.481 e. The third kappa shape index (κ3) is 3.14. The van der Waals surface area contributed by atoms with Crippen molar-refractivity contribution in [1.29, 1.82) is 0 Å². The molecular formula is C15H26N2O3. The summed E-state index contributed by atoms with van der Waals surface area (Å²) in [6.07, 6.45) is 6.13. The van der Waals surface area contributed by atoms with Gasteiger partial charge in [-0.05, 0) is 38.6 Å². The van der Waals surface area contributed by atoms with E-state index in [1.54, 1.807) is 0 Å². The van der Waals surface area contributed by atoms with Gasteiger partial charge in [-0.25, -0.2) is 0 Å². The van der Waals surface area contributed by atoms with Crippen molar-refractivity contribution in [2.45, 2.75) is 57.9 Å². The van der Waals surface area contributed by atoms with Crippen molar-refractivity contribution in [1.82, 2.24) is 10.6 Å². The maximum Gasteiger partial charge on any atom is 0.308 e. The lowest BCUT2D eigenvalue weighted by Crippen LogP contribution is -2.55. The molecule has 3 unspecified atom stereocenters. The van der Waals surface area contributed by atoms with Gasteiger partial charge in [0.05, 0.1) is 11.3 Å². The number of nitrogens with one attached hydrogen (secondary N) is 2. The monoisotopic (exact) mass is 282 g/mol. The molecule has 114 valence electrons. The van der Waals surface area contributed by atoms with E-state index in [0.29, 0.717) is 13.0 Å². The SMILES string of the molecule is CCC1(C(=O)NC2CCCCC2C(=O)O)CCCNC1. The maximum absolute atomic E-state index is 12.6. The van der Waals surface area contributed by atoms with Crippen LogP contribution in [0.4, 0.5) is 0 Å². The van der Waals surface area contributed by atoms with Gasteiger partial charge < -0.3 is 15.7 Å². The summed E-state index contributed by atoms with van der Waals surface area (Å²) in [4.78, 5) is 24.0. The van der Waals surface area contributed by atoms with Gasteiger partial charge in [0.2, 0.25) is 5.91 Å². The second-order valence-corrected chi connectivity index (χ2v) is 6.22. The fraction of sp³-hybridized carbons (Fsp3) is 0.867. The van der Waals surface area contributed by atoms with Crippen molar-refractivity contribution in [2.24, 2.45) is 11.3 Å². The smallest absolute Gasteiger partial charge is 0.308 e. The fourth-order valence-electron chi connectivity index (χ4n) is 3.54. The van der Waals surface area contributed by atoms with Crippen LogP contribution in [0.2, 0.25) is 0 Å². The van der Waals surface area contributed by atoms with Gasteiger partial charge in [-0.3, -0.25) is 9.59 Å². The molecule has 0 radical (unpaired) electrons. The number of amides is 1. The molecule has 1 saturated heterocycles. The number of carbonyl (C=O) groups is 2. The highest BCUT2D eigenvalue weighted by Gasteiger charge is 2.40. The summed E-state index contributed by atoms with van der Waals surface area (Å²) in [6.45, 7) is 3.72. The number of rotatable bonds is 4. The summed E-state index contributed by atoms with van der Waals surface area (Å²) >= 11 is 0. The number of carboxylic acid groups (broad SMARTS) is 1. The number of aliphatic carboxylic acids is 1. The van der Waals surface area contributed by atoms with Crippen LogP contribution in [0.15, 0.2) is 0 Å². The van der Waals surface area contributed by atoms with Crippen LogP contribution in [0.1, 0.15) is 51.9 Å². The molecule has 2 fully saturated rings.